The van der Waals surface area contributed by atoms with E-state index in [-0.39, 0.29) is 14.7 Å². The number of hydrogen-bond donors (Lipinski definition) is 2. The lowest BCUT2D eigenvalue weighted by Crippen LogP contribution is -2.08. The molecule has 2 aromatic rings. The van der Waals surface area contributed by atoms with Gasteiger partial charge in [-0.05, 0) is 34.4 Å². The molecule has 7 heteroatoms. The zero-order valence-corrected chi connectivity index (χ0v) is 14.0. The summed E-state index contributed by atoms with van der Waals surface area (Å²) in [6, 6.07) is 12.0. The van der Waals surface area contributed by atoms with E-state index in [1.165, 1.54) is 12.1 Å². The van der Waals surface area contributed by atoms with Crippen LogP contribution in [0.5, 0.6) is 0 Å². The topological polar surface area (TPSA) is 109 Å². The quantitative estimate of drug-likeness (QED) is 0.685. The second-order valence-corrected chi connectivity index (χ2v) is 7.15. The van der Waals surface area contributed by atoms with Gasteiger partial charge >= 0.3 is 31.7 Å². The lowest BCUT2D eigenvalue weighted by Gasteiger charge is -2.11. The van der Waals surface area contributed by atoms with Crippen molar-refractivity contribution in [3.8, 4) is 11.1 Å². The van der Waals surface area contributed by atoms with Crippen LogP contribution in [0.1, 0.15) is 11.1 Å². The standard InChI is InChI=1S/C16H13IO6/c18-14(19)8-12-6-11(10-4-2-1-3-5-10)7-13(9-15(20)21)16(12)17(22)23/h1-7H,8-9H2,(H,18,19)(H,20,21). The van der Waals surface area contributed by atoms with Gasteiger partial charge in [-0.15, -0.1) is 0 Å². The first-order valence-corrected chi connectivity index (χ1v) is 9.42. The Balaban J connectivity index is 2.71. The molecule has 23 heavy (non-hydrogen) atoms. The normalized spacial score (nSPS) is 10.7. The Morgan fingerprint density at radius 2 is 1.30 bits per heavy atom. The van der Waals surface area contributed by atoms with E-state index in [9.17, 15) is 15.7 Å². The van der Waals surface area contributed by atoms with E-state index in [1.54, 1.807) is 24.3 Å². The predicted octanol–water partition coefficient (Wildman–Crippen LogP) is 2.97. The van der Waals surface area contributed by atoms with Gasteiger partial charge < -0.3 is 10.2 Å². The summed E-state index contributed by atoms with van der Waals surface area (Å²) < 4.78 is 23.1. The van der Waals surface area contributed by atoms with Crippen molar-refractivity contribution >= 4 is 31.7 Å². The molecular weight excluding hydrogens is 415 g/mol. The first kappa shape index (κ1) is 17.1. The smallest absolute Gasteiger partial charge is 0.341 e. The highest BCUT2D eigenvalue weighted by Crippen LogP contribution is 2.32. The van der Waals surface area contributed by atoms with Crippen LogP contribution < -0.4 is 0 Å². The summed E-state index contributed by atoms with van der Waals surface area (Å²) in [5.41, 5.74) is 1.62. The van der Waals surface area contributed by atoms with Gasteiger partial charge in [0.1, 0.15) is 0 Å². The van der Waals surface area contributed by atoms with Gasteiger partial charge in [0.05, 0.1) is 16.4 Å². The fraction of sp³-hybridized carbons (Fsp3) is 0.125. The van der Waals surface area contributed by atoms with Crippen molar-refractivity contribution in [2.24, 2.45) is 0 Å². The Hall–Kier alpha value is -2.29. The van der Waals surface area contributed by atoms with Gasteiger partial charge in [-0.2, -0.15) is 0 Å². The number of rotatable bonds is 6. The molecule has 0 aromatic heterocycles. The van der Waals surface area contributed by atoms with Crippen LogP contribution in [0.2, 0.25) is 0 Å². The van der Waals surface area contributed by atoms with Gasteiger partial charge in [-0.3, -0.25) is 9.59 Å². The van der Waals surface area contributed by atoms with Crippen LogP contribution >= 0.6 is 19.8 Å². The summed E-state index contributed by atoms with van der Waals surface area (Å²) in [5.74, 6) is -2.34. The molecule has 0 amide bonds. The summed E-state index contributed by atoms with van der Waals surface area (Å²) in [4.78, 5) is 22.0. The minimum absolute atomic E-state index is 0.126. The molecule has 0 radical (unpaired) electrons. The van der Waals surface area contributed by atoms with Gasteiger partial charge in [0, 0.05) is 0 Å². The minimum atomic E-state index is -4.05. The Kier molecular flexibility index (Phi) is 5.43. The number of halogens is 1. The molecule has 0 saturated heterocycles. The molecule has 0 unspecified atom stereocenters. The summed E-state index contributed by atoms with van der Waals surface area (Å²) in [6.45, 7) is 0. The molecule has 2 aromatic carbocycles. The highest BCUT2D eigenvalue weighted by molar-refractivity contribution is 14.2. The van der Waals surface area contributed by atoms with Crippen LogP contribution in [0, 0.1) is 3.57 Å². The molecule has 2 N–H and O–H groups in total. The fourth-order valence-electron chi connectivity index (χ4n) is 2.33. The van der Waals surface area contributed by atoms with Crippen LogP contribution in [0.3, 0.4) is 0 Å². The van der Waals surface area contributed by atoms with Gasteiger partial charge in [0.25, 0.3) is 0 Å². The zero-order chi connectivity index (χ0) is 17.0. The van der Waals surface area contributed by atoms with Crippen LogP contribution in [0.25, 0.3) is 11.1 Å². The van der Waals surface area contributed by atoms with Crippen molar-refractivity contribution in [3.63, 3.8) is 0 Å². The zero-order valence-electron chi connectivity index (χ0n) is 11.9. The summed E-state index contributed by atoms with van der Waals surface area (Å²) in [7, 11) is 0. The number of carboxylic acid groups (broad SMARTS) is 2. The van der Waals surface area contributed by atoms with E-state index in [0.717, 1.165) is 5.56 Å². The maximum atomic E-state index is 11.6. The molecule has 2 rings (SSSR count). The maximum Gasteiger partial charge on any atom is 0.341 e. The number of carboxylic acids is 2. The molecule has 0 aliphatic carbocycles. The molecule has 0 spiro atoms. The average molecular weight is 428 g/mol. The van der Waals surface area contributed by atoms with Crippen molar-refractivity contribution in [2.45, 2.75) is 12.8 Å². The minimum Gasteiger partial charge on any atom is -0.481 e. The molecule has 0 heterocycles. The molecule has 0 aliphatic rings. The highest BCUT2D eigenvalue weighted by Gasteiger charge is 2.19. The summed E-state index contributed by atoms with van der Waals surface area (Å²) in [6.07, 6.45) is -0.942. The van der Waals surface area contributed by atoms with E-state index in [4.69, 9.17) is 10.2 Å². The van der Waals surface area contributed by atoms with Crippen LogP contribution in [0.15, 0.2) is 42.5 Å². The molecule has 0 bridgehead atoms. The monoisotopic (exact) mass is 428 g/mol. The van der Waals surface area contributed by atoms with Crippen molar-refractivity contribution < 1.29 is 25.9 Å². The molecule has 0 atom stereocenters. The lowest BCUT2D eigenvalue weighted by atomic mass is 9.97. The molecule has 120 valence electrons. The van der Waals surface area contributed by atoms with E-state index in [1.807, 2.05) is 6.07 Å². The first-order chi connectivity index (χ1) is 10.9. The molecular formula is C16H13IO6. The maximum absolute atomic E-state index is 11.6. The molecule has 0 saturated carbocycles. The number of hydrogen-bond acceptors (Lipinski definition) is 4. The van der Waals surface area contributed by atoms with Crippen LogP contribution in [-0.2, 0) is 28.6 Å². The van der Waals surface area contributed by atoms with E-state index >= 15 is 0 Å². The third-order valence-corrected chi connectivity index (χ3v) is 5.43. The van der Waals surface area contributed by atoms with Gasteiger partial charge in [0.2, 0.25) is 0 Å². The van der Waals surface area contributed by atoms with Crippen LogP contribution in [-0.4, -0.2) is 22.2 Å². The van der Waals surface area contributed by atoms with Crippen molar-refractivity contribution in [1.82, 2.24) is 0 Å². The third kappa shape index (κ3) is 4.35. The average Bonchev–Trinajstić information content (AvgIpc) is 2.46. The van der Waals surface area contributed by atoms with Crippen molar-refractivity contribution in [2.75, 3.05) is 0 Å². The second-order valence-electron chi connectivity index (χ2n) is 4.83. The third-order valence-electron chi connectivity index (χ3n) is 3.17. The SMILES string of the molecule is O=C(O)Cc1cc(-c2ccccc2)cc(CC(=O)O)c1I(=O)=O. The van der Waals surface area contributed by atoms with Crippen LogP contribution in [0.4, 0.5) is 0 Å². The Labute approximate surface area is 138 Å². The van der Waals surface area contributed by atoms with E-state index in [2.05, 4.69) is 0 Å². The summed E-state index contributed by atoms with van der Waals surface area (Å²) in [5, 5.41) is 18.0. The Morgan fingerprint density at radius 1 is 0.826 bits per heavy atom. The van der Waals surface area contributed by atoms with Gasteiger partial charge in [-0.1, -0.05) is 30.3 Å². The van der Waals surface area contributed by atoms with E-state index < -0.39 is 44.6 Å². The molecule has 6 nitrogen and oxygen atoms in total. The van der Waals surface area contributed by atoms with Crippen molar-refractivity contribution in [1.29, 1.82) is 0 Å². The number of benzene rings is 2. The largest absolute Gasteiger partial charge is 0.481 e. The predicted molar refractivity (Wildman–Crippen MR) is 88.6 cm³/mol. The van der Waals surface area contributed by atoms with Crippen molar-refractivity contribution in [3.05, 3.63) is 57.2 Å². The second kappa shape index (κ2) is 7.32. The number of carbonyl (C=O) groups is 2. The Morgan fingerprint density at radius 3 is 1.70 bits per heavy atom. The first-order valence-electron chi connectivity index (χ1n) is 6.58. The van der Waals surface area contributed by atoms with Gasteiger partial charge in [0.15, 0.2) is 0 Å². The molecule has 0 fully saturated rings. The highest BCUT2D eigenvalue weighted by atomic mass is 127. The summed E-state index contributed by atoms with van der Waals surface area (Å²) >= 11 is -4.05. The molecule has 0 aliphatic heterocycles. The Bertz CT molecular complexity index is 779. The lowest BCUT2D eigenvalue weighted by molar-refractivity contribution is -0.137. The van der Waals surface area contributed by atoms with E-state index in [0.29, 0.717) is 5.56 Å². The number of aliphatic carboxylic acids is 2. The fourth-order valence-corrected chi connectivity index (χ4v) is 4.15. The van der Waals surface area contributed by atoms with Gasteiger partial charge in [-0.25, -0.2) is 6.14 Å².